The van der Waals surface area contributed by atoms with E-state index in [0.717, 1.165) is 0 Å². The summed E-state index contributed by atoms with van der Waals surface area (Å²) in [5.74, 6) is 0.0998. The number of nitrogens with two attached hydrogens (primary N) is 1. The maximum absolute atomic E-state index is 11.2. The Morgan fingerprint density at radius 1 is 1.58 bits per heavy atom. The Labute approximate surface area is 78.5 Å². The van der Waals surface area contributed by atoms with Crippen LogP contribution in [-0.2, 0) is 4.79 Å². The highest BCUT2D eigenvalue weighted by Gasteiger charge is 2.14. The van der Waals surface area contributed by atoms with Gasteiger partial charge in [-0.15, -0.1) is 11.8 Å². The van der Waals surface area contributed by atoms with Gasteiger partial charge in [-0.1, -0.05) is 6.92 Å². The molecule has 0 bridgehead atoms. The van der Waals surface area contributed by atoms with Crippen molar-refractivity contribution in [1.82, 2.24) is 5.32 Å². The minimum Gasteiger partial charge on any atom is -0.355 e. The summed E-state index contributed by atoms with van der Waals surface area (Å²) >= 11 is 1.61. The van der Waals surface area contributed by atoms with E-state index in [9.17, 15) is 4.79 Å². The lowest BCUT2D eigenvalue weighted by atomic mass is 10.4. The molecule has 4 heteroatoms. The van der Waals surface area contributed by atoms with Crippen molar-refractivity contribution >= 4 is 17.7 Å². The van der Waals surface area contributed by atoms with Crippen molar-refractivity contribution in [2.45, 2.75) is 31.3 Å². The van der Waals surface area contributed by atoms with Crippen LogP contribution >= 0.6 is 11.8 Å². The van der Waals surface area contributed by atoms with Crippen LogP contribution in [0.1, 0.15) is 20.8 Å². The Morgan fingerprint density at radius 3 is 2.58 bits per heavy atom. The molecule has 0 aliphatic heterocycles. The molecule has 0 rings (SSSR count). The van der Waals surface area contributed by atoms with Crippen molar-refractivity contribution in [2.75, 3.05) is 13.1 Å². The van der Waals surface area contributed by atoms with E-state index in [2.05, 4.69) is 5.32 Å². The van der Waals surface area contributed by atoms with Crippen LogP contribution in [-0.4, -0.2) is 29.5 Å². The quantitative estimate of drug-likeness (QED) is 0.667. The molecule has 0 saturated heterocycles. The predicted octanol–water partition coefficient (Wildman–Crippen LogP) is 0.591. The van der Waals surface area contributed by atoms with E-state index in [1.165, 1.54) is 0 Å². The largest absolute Gasteiger partial charge is 0.355 e. The zero-order chi connectivity index (χ0) is 9.56. The number of nitrogens with one attached hydrogen (secondary N) is 1. The average molecular weight is 190 g/mol. The van der Waals surface area contributed by atoms with E-state index in [-0.39, 0.29) is 11.2 Å². The third kappa shape index (κ3) is 4.62. The normalized spacial score (nSPS) is 15.3. The summed E-state index contributed by atoms with van der Waals surface area (Å²) in [6, 6.07) is 0. The van der Waals surface area contributed by atoms with Gasteiger partial charge in [-0.3, -0.25) is 4.79 Å². The van der Waals surface area contributed by atoms with Crippen molar-refractivity contribution in [2.24, 2.45) is 5.73 Å². The molecule has 2 unspecified atom stereocenters. The van der Waals surface area contributed by atoms with E-state index in [4.69, 9.17) is 5.73 Å². The summed E-state index contributed by atoms with van der Waals surface area (Å²) in [6.45, 7) is 7.17. The van der Waals surface area contributed by atoms with Gasteiger partial charge in [0.25, 0.3) is 0 Å². The van der Waals surface area contributed by atoms with Gasteiger partial charge in [0.15, 0.2) is 0 Å². The first-order valence-electron chi connectivity index (χ1n) is 4.25. The Morgan fingerprint density at radius 2 is 2.17 bits per heavy atom. The van der Waals surface area contributed by atoms with E-state index in [0.29, 0.717) is 18.3 Å². The molecule has 0 radical (unpaired) electrons. The van der Waals surface area contributed by atoms with Crippen molar-refractivity contribution in [1.29, 1.82) is 0 Å². The summed E-state index contributed by atoms with van der Waals surface area (Å²) in [5.41, 5.74) is 5.44. The first-order valence-corrected chi connectivity index (χ1v) is 5.19. The minimum atomic E-state index is 0.00324. The molecule has 0 fully saturated rings. The van der Waals surface area contributed by atoms with Crippen LogP contribution in [0.15, 0.2) is 0 Å². The molecular weight excluding hydrogens is 172 g/mol. The summed E-state index contributed by atoms with van der Waals surface area (Å²) in [6.07, 6.45) is 0. The highest BCUT2D eigenvalue weighted by Crippen LogP contribution is 2.16. The molecule has 72 valence electrons. The molecule has 0 aliphatic carbocycles. The molecule has 12 heavy (non-hydrogen) atoms. The lowest BCUT2D eigenvalue weighted by Crippen LogP contribution is -2.32. The zero-order valence-corrected chi connectivity index (χ0v) is 8.78. The fourth-order valence-electron chi connectivity index (χ4n) is 0.784. The van der Waals surface area contributed by atoms with Crippen molar-refractivity contribution in [3.8, 4) is 0 Å². The van der Waals surface area contributed by atoms with Gasteiger partial charge in [-0.25, -0.2) is 0 Å². The first kappa shape index (κ1) is 11.8. The van der Waals surface area contributed by atoms with Gasteiger partial charge in [-0.05, 0) is 13.8 Å². The molecule has 0 saturated carbocycles. The molecule has 2 atom stereocenters. The van der Waals surface area contributed by atoms with Crippen LogP contribution in [0.2, 0.25) is 0 Å². The Kier molecular flexibility index (Phi) is 6.20. The Bertz CT molecular complexity index is 141. The van der Waals surface area contributed by atoms with Gasteiger partial charge in [0.05, 0.1) is 5.25 Å². The lowest BCUT2D eigenvalue weighted by Gasteiger charge is -2.14. The fourth-order valence-corrected chi connectivity index (χ4v) is 1.80. The molecule has 0 spiro atoms. The SMILES string of the molecule is CCNC(=O)C(C)SC(C)CN. The van der Waals surface area contributed by atoms with Gasteiger partial charge in [0, 0.05) is 18.3 Å². The van der Waals surface area contributed by atoms with Crippen molar-refractivity contribution in [3.05, 3.63) is 0 Å². The van der Waals surface area contributed by atoms with Gasteiger partial charge in [-0.2, -0.15) is 0 Å². The number of amides is 1. The average Bonchev–Trinajstić information content (AvgIpc) is 2.04. The monoisotopic (exact) mass is 190 g/mol. The molecule has 0 aliphatic rings. The lowest BCUT2D eigenvalue weighted by molar-refractivity contribution is -0.120. The molecule has 0 aromatic carbocycles. The van der Waals surface area contributed by atoms with E-state index < -0.39 is 0 Å². The molecule has 3 nitrogen and oxygen atoms in total. The predicted molar refractivity (Wildman–Crippen MR) is 54.3 cm³/mol. The van der Waals surface area contributed by atoms with Crippen LogP contribution in [0.4, 0.5) is 0 Å². The topological polar surface area (TPSA) is 55.1 Å². The third-order valence-electron chi connectivity index (χ3n) is 1.49. The van der Waals surface area contributed by atoms with Crippen LogP contribution in [0.3, 0.4) is 0 Å². The second-order valence-electron chi connectivity index (χ2n) is 2.72. The second-order valence-corrected chi connectivity index (χ2v) is 4.50. The minimum absolute atomic E-state index is 0.00324. The number of hydrogen-bond donors (Lipinski definition) is 2. The standard InChI is InChI=1S/C8H18N2OS/c1-4-10-8(11)7(3)12-6(2)5-9/h6-7H,4-5,9H2,1-3H3,(H,10,11). The van der Waals surface area contributed by atoms with Gasteiger partial charge >= 0.3 is 0 Å². The molecule has 3 N–H and O–H groups in total. The second kappa shape index (κ2) is 6.31. The summed E-state index contributed by atoms with van der Waals surface area (Å²) in [5, 5.41) is 3.13. The third-order valence-corrected chi connectivity index (χ3v) is 2.77. The molecule has 1 amide bonds. The Hall–Kier alpha value is -0.220. The summed E-state index contributed by atoms with van der Waals surface area (Å²) in [4.78, 5) is 11.2. The first-order chi connectivity index (χ1) is 5.61. The van der Waals surface area contributed by atoms with Crippen LogP contribution in [0, 0.1) is 0 Å². The van der Waals surface area contributed by atoms with Gasteiger partial charge in [0.1, 0.15) is 0 Å². The highest BCUT2D eigenvalue weighted by atomic mass is 32.2. The van der Waals surface area contributed by atoms with E-state index >= 15 is 0 Å². The van der Waals surface area contributed by atoms with Crippen LogP contribution in [0.5, 0.6) is 0 Å². The van der Waals surface area contributed by atoms with Crippen molar-refractivity contribution < 1.29 is 4.79 Å². The number of rotatable bonds is 5. The highest BCUT2D eigenvalue weighted by molar-refractivity contribution is 8.01. The van der Waals surface area contributed by atoms with Crippen LogP contribution in [0.25, 0.3) is 0 Å². The maximum Gasteiger partial charge on any atom is 0.232 e. The molecule has 0 aromatic heterocycles. The van der Waals surface area contributed by atoms with Gasteiger partial charge < -0.3 is 11.1 Å². The van der Waals surface area contributed by atoms with E-state index in [1.54, 1.807) is 11.8 Å². The van der Waals surface area contributed by atoms with E-state index in [1.807, 2.05) is 20.8 Å². The van der Waals surface area contributed by atoms with Crippen molar-refractivity contribution in [3.63, 3.8) is 0 Å². The number of hydrogen-bond acceptors (Lipinski definition) is 3. The molecule has 0 heterocycles. The summed E-state index contributed by atoms with van der Waals surface area (Å²) in [7, 11) is 0. The summed E-state index contributed by atoms with van der Waals surface area (Å²) < 4.78 is 0. The smallest absolute Gasteiger partial charge is 0.232 e. The molecule has 0 aromatic rings. The maximum atomic E-state index is 11.2. The fraction of sp³-hybridized carbons (Fsp3) is 0.875. The number of thioether (sulfide) groups is 1. The van der Waals surface area contributed by atoms with Crippen LogP contribution < -0.4 is 11.1 Å². The molecular formula is C8H18N2OS. The number of carbonyl (C=O) groups excluding carboxylic acids is 1. The van der Waals surface area contributed by atoms with Gasteiger partial charge in [0.2, 0.25) is 5.91 Å². The zero-order valence-electron chi connectivity index (χ0n) is 7.96. The number of carbonyl (C=O) groups is 1. The Balaban J connectivity index is 3.70.